The Hall–Kier alpha value is -0.480. The zero-order valence-electron chi connectivity index (χ0n) is 9.43. The number of nitrogens with zero attached hydrogens (tertiary/aromatic N) is 2. The first kappa shape index (κ1) is 10.7. The van der Waals surface area contributed by atoms with Gasteiger partial charge in [-0.25, -0.2) is 4.98 Å². The summed E-state index contributed by atoms with van der Waals surface area (Å²) in [6, 6.07) is 0. The average molecular weight is 238 g/mol. The molecule has 1 fully saturated rings. The minimum absolute atomic E-state index is 0.268. The number of thioether (sulfide) groups is 1. The van der Waals surface area contributed by atoms with E-state index in [2.05, 4.69) is 9.55 Å². The lowest BCUT2D eigenvalue weighted by Crippen LogP contribution is -2.20. The first-order chi connectivity index (χ1) is 7.90. The van der Waals surface area contributed by atoms with Crippen LogP contribution in [0.25, 0.3) is 0 Å². The highest BCUT2D eigenvalue weighted by molar-refractivity contribution is 7.99. The zero-order valence-corrected chi connectivity index (χ0v) is 10.2. The van der Waals surface area contributed by atoms with Crippen molar-refractivity contribution in [3.8, 4) is 0 Å². The van der Waals surface area contributed by atoms with Gasteiger partial charge in [-0.2, -0.15) is 11.8 Å². The van der Waals surface area contributed by atoms with Crippen molar-refractivity contribution >= 4 is 11.8 Å². The van der Waals surface area contributed by atoms with Crippen LogP contribution in [0.15, 0.2) is 6.20 Å². The lowest BCUT2D eigenvalue weighted by molar-refractivity contribution is 0.240. The molecule has 0 aliphatic carbocycles. The summed E-state index contributed by atoms with van der Waals surface area (Å²) in [4.78, 5) is 4.62. The van der Waals surface area contributed by atoms with Gasteiger partial charge in [-0.15, -0.1) is 0 Å². The molecular weight excluding hydrogens is 220 g/mol. The molecule has 2 aliphatic rings. The minimum atomic E-state index is 0.268. The predicted molar refractivity (Wildman–Crippen MR) is 66.0 cm³/mol. The molecule has 88 valence electrons. The number of hydrogen-bond donors (Lipinski definition) is 1. The molecule has 3 nitrogen and oxygen atoms in total. The van der Waals surface area contributed by atoms with Crippen molar-refractivity contribution in [2.75, 3.05) is 18.1 Å². The number of fused-ring (bicyclic) bond motifs is 1. The van der Waals surface area contributed by atoms with Crippen LogP contribution >= 0.6 is 11.8 Å². The molecule has 0 spiro atoms. The second kappa shape index (κ2) is 4.41. The molecule has 2 unspecified atom stereocenters. The molecule has 0 aromatic carbocycles. The van der Waals surface area contributed by atoms with Gasteiger partial charge in [0.05, 0.1) is 6.61 Å². The van der Waals surface area contributed by atoms with E-state index >= 15 is 0 Å². The second-order valence-corrected chi connectivity index (χ2v) is 5.92. The van der Waals surface area contributed by atoms with Crippen molar-refractivity contribution in [1.82, 2.24) is 9.55 Å². The highest BCUT2D eigenvalue weighted by atomic mass is 32.2. The summed E-state index contributed by atoms with van der Waals surface area (Å²) in [7, 11) is 0. The first-order valence-electron chi connectivity index (χ1n) is 6.14. The molecule has 1 aromatic rings. The van der Waals surface area contributed by atoms with Gasteiger partial charge in [-0.05, 0) is 25.0 Å². The molecule has 0 bridgehead atoms. The minimum Gasteiger partial charge on any atom is -0.396 e. The fourth-order valence-corrected chi connectivity index (χ4v) is 4.08. The molecule has 2 aliphatic heterocycles. The number of aliphatic hydroxyl groups is 1. The Balaban J connectivity index is 1.93. The van der Waals surface area contributed by atoms with Gasteiger partial charge in [-0.3, -0.25) is 0 Å². The van der Waals surface area contributed by atoms with E-state index in [4.69, 9.17) is 0 Å². The Bertz CT molecular complexity index is 371. The van der Waals surface area contributed by atoms with Crippen LogP contribution in [0, 0.1) is 0 Å². The van der Waals surface area contributed by atoms with Crippen LogP contribution in [0.5, 0.6) is 0 Å². The fraction of sp³-hybridized carbons (Fsp3) is 0.750. The molecule has 16 heavy (non-hydrogen) atoms. The van der Waals surface area contributed by atoms with Gasteiger partial charge >= 0.3 is 0 Å². The van der Waals surface area contributed by atoms with Gasteiger partial charge in [0.1, 0.15) is 5.82 Å². The molecule has 1 saturated heterocycles. The summed E-state index contributed by atoms with van der Waals surface area (Å²) in [6.45, 7) is 1.37. The molecule has 1 aromatic heterocycles. The highest BCUT2D eigenvalue weighted by Crippen LogP contribution is 2.35. The molecule has 4 heteroatoms. The van der Waals surface area contributed by atoms with Crippen molar-refractivity contribution in [3.63, 3.8) is 0 Å². The van der Waals surface area contributed by atoms with E-state index in [1.807, 2.05) is 18.0 Å². The van der Waals surface area contributed by atoms with E-state index < -0.39 is 0 Å². The van der Waals surface area contributed by atoms with Crippen molar-refractivity contribution in [3.05, 3.63) is 17.7 Å². The molecule has 3 rings (SSSR count). The number of aromatic nitrogens is 2. The van der Waals surface area contributed by atoms with Crippen molar-refractivity contribution in [1.29, 1.82) is 0 Å². The number of rotatable bonds is 2. The number of imidazole rings is 1. The van der Waals surface area contributed by atoms with Gasteiger partial charge in [0.2, 0.25) is 0 Å². The van der Waals surface area contributed by atoms with Crippen LogP contribution in [-0.2, 0) is 6.54 Å². The second-order valence-electron chi connectivity index (χ2n) is 4.78. The summed E-state index contributed by atoms with van der Waals surface area (Å²) in [5.74, 6) is 4.75. The van der Waals surface area contributed by atoms with Crippen molar-refractivity contribution in [2.24, 2.45) is 0 Å². The van der Waals surface area contributed by atoms with Gasteiger partial charge in [0.15, 0.2) is 0 Å². The third kappa shape index (κ3) is 1.68. The van der Waals surface area contributed by atoms with Gasteiger partial charge in [-0.1, -0.05) is 0 Å². The van der Waals surface area contributed by atoms with E-state index in [1.54, 1.807) is 0 Å². The number of aliphatic hydroxyl groups excluding tert-OH is 1. The van der Waals surface area contributed by atoms with Gasteiger partial charge in [0.25, 0.3) is 0 Å². The smallest absolute Gasteiger partial charge is 0.112 e. The Labute approximate surface area is 100 Å². The van der Waals surface area contributed by atoms with Crippen LogP contribution in [0.1, 0.15) is 42.6 Å². The monoisotopic (exact) mass is 238 g/mol. The van der Waals surface area contributed by atoms with Gasteiger partial charge in [0, 0.05) is 36.0 Å². The van der Waals surface area contributed by atoms with Crippen LogP contribution in [0.4, 0.5) is 0 Å². The summed E-state index contributed by atoms with van der Waals surface area (Å²) < 4.78 is 2.38. The van der Waals surface area contributed by atoms with Crippen LogP contribution in [0.3, 0.4) is 0 Å². The third-order valence-electron chi connectivity index (χ3n) is 3.79. The summed E-state index contributed by atoms with van der Waals surface area (Å²) in [6.07, 6.45) is 5.56. The Morgan fingerprint density at radius 1 is 1.50 bits per heavy atom. The van der Waals surface area contributed by atoms with Gasteiger partial charge < -0.3 is 9.67 Å². The lowest BCUT2D eigenvalue weighted by atomic mass is 9.97. The van der Waals surface area contributed by atoms with E-state index in [0.29, 0.717) is 11.8 Å². The quantitative estimate of drug-likeness (QED) is 0.856. The van der Waals surface area contributed by atoms with Crippen LogP contribution in [-0.4, -0.2) is 32.8 Å². The molecule has 0 radical (unpaired) electrons. The zero-order chi connectivity index (χ0) is 11.0. The van der Waals surface area contributed by atoms with E-state index in [0.717, 1.165) is 13.0 Å². The van der Waals surface area contributed by atoms with E-state index in [9.17, 15) is 5.11 Å². The average Bonchev–Trinajstić information content (AvgIpc) is 2.96. The molecule has 0 saturated carbocycles. The Kier molecular flexibility index (Phi) is 2.94. The summed E-state index contributed by atoms with van der Waals surface area (Å²) in [5.41, 5.74) is 1.26. The van der Waals surface area contributed by atoms with E-state index in [-0.39, 0.29) is 6.61 Å². The molecule has 0 amide bonds. The maximum atomic E-state index is 9.37. The maximum absolute atomic E-state index is 9.37. The summed E-state index contributed by atoms with van der Waals surface area (Å²) in [5, 5.41) is 9.37. The highest BCUT2D eigenvalue weighted by Gasteiger charge is 2.28. The predicted octanol–water partition coefficient (Wildman–Crippen LogP) is 1.97. The molecular formula is C12H18N2OS. The third-order valence-corrected chi connectivity index (χ3v) is 4.95. The SMILES string of the molecule is OCC1CCCn2c1cnc2C1CCSC1. The number of hydrogen-bond acceptors (Lipinski definition) is 3. The maximum Gasteiger partial charge on any atom is 0.112 e. The molecule has 3 heterocycles. The standard InChI is InChI=1S/C12H18N2OS/c15-7-9-2-1-4-14-11(9)6-13-12(14)10-3-5-16-8-10/h6,9-10,15H,1-5,7-8H2. The summed E-state index contributed by atoms with van der Waals surface area (Å²) >= 11 is 2.03. The van der Waals surface area contributed by atoms with Crippen LogP contribution < -0.4 is 0 Å². The molecule has 2 atom stereocenters. The first-order valence-corrected chi connectivity index (χ1v) is 7.29. The van der Waals surface area contributed by atoms with E-state index in [1.165, 1.54) is 35.9 Å². The molecule has 1 N–H and O–H groups in total. The topological polar surface area (TPSA) is 38.0 Å². The Morgan fingerprint density at radius 3 is 3.19 bits per heavy atom. The van der Waals surface area contributed by atoms with Crippen molar-refractivity contribution in [2.45, 2.75) is 37.6 Å². The normalized spacial score (nSPS) is 29.3. The fourth-order valence-electron chi connectivity index (χ4n) is 2.87. The largest absolute Gasteiger partial charge is 0.396 e. The van der Waals surface area contributed by atoms with Crippen LogP contribution in [0.2, 0.25) is 0 Å². The lowest BCUT2D eigenvalue weighted by Gasteiger charge is -2.24. The Morgan fingerprint density at radius 2 is 2.44 bits per heavy atom. The van der Waals surface area contributed by atoms with Crippen molar-refractivity contribution < 1.29 is 5.11 Å².